The Hall–Kier alpha value is -1.84. The number of piperidine rings is 1. The summed E-state index contributed by atoms with van der Waals surface area (Å²) >= 11 is 0. The molecule has 4 heteroatoms. The lowest BCUT2D eigenvalue weighted by Gasteiger charge is -2.36. The first-order chi connectivity index (χ1) is 11.1. The van der Waals surface area contributed by atoms with E-state index in [0.29, 0.717) is 19.0 Å². The summed E-state index contributed by atoms with van der Waals surface area (Å²) in [7, 11) is 0. The highest BCUT2D eigenvalue weighted by Gasteiger charge is 2.39. The Morgan fingerprint density at radius 1 is 1.26 bits per heavy atom. The van der Waals surface area contributed by atoms with E-state index < -0.39 is 0 Å². The third kappa shape index (κ3) is 3.12. The van der Waals surface area contributed by atoms with Gasteiger partial charge in [0.15, 0.2) is 0 Å². The van der Waals surface area contributed by atoms with Gasteiger partial charge in [-0.3, -0.25) is 9.59 Å². The highest BCUT2D eigenvalue weighted by molar-refractivity contribution is 6.00. The van der Waals surface area contributed by atoms with Crippen molar-refractivity contribution in [3.8, 4) is 0 Å². The smallest absolute Gasteiger partial charge is 0.228 e. The molecule has 124 valence electrons. The lowest BCUT2D eigenvalue weighted by molar-refractivity contribution is -0.139. The molecule has 23 heavy (non-hydrogen) atoms. The average Bonchev–Trinajstić information content (AvgIpc) is 2.96. The van der Waals surface area contributed by atoms with Gasteiger partial charge in [0, 0.05) is 31.2 Å². The van der Waals surface area contributed by atoms with Crippen molar-refractivity contribution < 1.29 is 9.59 Å². The number of carbonyl (C=O) groups excluding carboxylic acids is 2. The maximum absolute atomic E-state index is 12.9. The van der Waals surface area contributed by atoms with Crippen molar-refractivity contribution in [2.45, 2.75) is 52.0 Å². The van der Waals surface area contributed by atoms with E-state index >= 15 is 0 Å². The molecule has 2 aliphatic rings. The van der Waals surface area contributed by atoms with Crippen molar-refractivity contribution in [3.63, 3.8) is 0 Å². The van der Waals surface area contributed by atoms with Gasteiger partial charge in [0.1, 0.15) is 0 Å². The minimum absolute atomic E-state index is 0.0720. The number of likely N-dealkylation sites (tertiary alicyclic amines) is 1. The van der Waals surface area contributed by atoms with Crippen molar-refractivity contribution in [1.29, 1.82) is 0 Å². The van der Waals surface area contributed by atoms with E-state index in [9.17, 15) is 9.59 Å². The van der Waals surface area contributed by atoms with Gasteiger partial charge in [0.25, 0.3) is 0 Å². The minimum Gasteiger partial charge on any atom is -0.339 e. The van der Waals surface area contributed by atoms with Crippen LogP contribution < -0.4 is 4.90 Å². The van der Waals surface area contributed by atoms with E-state index in [2.05, 4.69) is 6.92 Å². The molecular weight excluding hydrogens is 288 g/mol. The predicted octanol–water partition coefficient (Wildman–Crippen LogP) is 3.14. The average molecular weight is 314 g/mol. The van der Waals surface area contributed by atoms with E-state index in [1.54, 1.807) is 4.90 Å². The number of aryl methyl sites for hydroxylation is 1. The van der Waals surface area contributed by atoms with E-state index in [-0.39, 0.29) is 17.7 Å². The van der Waals surface area contributed by atoms with Crippen LogP contribution in [0.15, 0.2) is 24.3 Å². The highest BCUT2D eigenvalue weighted by Crippen LogP contribution is 2.30. The molecule has 2 atom stereocenters. The van der Waals surface area contributed by atoms with Crippen LogP contribution in [0.3, 0.4) is 0 Å². The standard InChI is InChI=1S/C19H26N2O2/c1-3-16-9-6-7-11-20(16)19(23)15-12-18(22)21(13-15)17-10-5-4-8-14(17)2/h4-5,8,10,15-16H,3,6-7,9,11-13H2,1-2H3/t15-,16-/m0/s1. The summed E-state index contributed by atoms with van der Waals surface area (Å²) in [5.74, 6) is 0.0675. The molecule has 0 spiro atoms. The highest BCUT2D eigenvalue weighted by atomic mass is 16.2. The van der Waals surface area contributed by atoms with Crippen LogP contribution in [0.25, 0.3) is 0 Å². The Morgan fingerprint density at radius 2 is 2.04 bits per heavy atom. The van der Waals surface area contributed by atoms with Crippen LogP contribution in [-0.2, 0) is 9.59 Å². The third-order valence-electron chi connectivity index (χ3n) is 5.26. The lowest BCUT2D eigenvalue weighted by Crippen LogP contribution is -2.46. The van der Waals surface area contributed by atoms with Gasteiger partial charge in [-0.15, -0.1) is 0 Å². The molecule has 2 amide bonds. The van der Waals surface area contributed by atoms with Crippen LogP contribution in [0.4, 0.5) is 5.69 Å². The third-order valence-corrected chi connectivity index (χ3v) is 5.26. The topological polar surface area (TPSA) is 40.6 Å². The number of benzene rings is 1. The first kappa shape index (κ1) is 16.0. The Balaban J connectivity index is 1.74. The fraction of sp³-hybridized carbons (Fsp3) is 0.579. The zero-order valence-electron chi connectivity index (χ0n) is 14.1. The molecule has 0 saturated carbocycles. The van der Waals surface area contributed by atoms with Gasteiger partial charge >= 0.3 is 0 Å². The minimum atomic E-state index is -0.186. The Morgan fingerprint density at radius 3 is 2.78 bits per heavy atom. The van der Waals surface area contributed by atoms with Crippen LogP contribution >= 0.6 is 0 Å². The van der Waals surface area contributed by atoms with Gasteiger partial charge in [0.05, 0.1) is 5.92 Å². The second-order valence-electron chi connectivity index (χ2n) is 6.78. The van der Waals surface area contributed by atoms with E-state index in [0.717, 1.165) is 37.1 Å². The second kappa shape index (κ2) is 6.73. The monoisotopic (exact) mass is 314 g/mol. The van der Waals surface area contributed by atoms with Crippen molar-refractivity contribution in [1.82, 2.24) is 4.90 Å². The maximum atomic E-state index is 12.9. The van der Waals surface area contributed by atoms with Gasteiger partial charge in [-0.05, 0) is 44.2 Å². The van der Waals surface area contributed by atoms with E-state index in [1.165, 1.54) is 6.42 Å². The molecule has 0 bridgehead atoms. The van der Waals surface area contributed by atoms with Crippen LogP contribution in [0, 0.1) is 12.8 Å². The quantitative estimate of drug-likeness (QED) is 0.860. The number of hydrogen-bond donors (Lipinski definition) is 0. The fourth-order valence-corrected chi connectivity index (χ4v) is 3.92. The molecule has 2 saturated heterocycles. The first-order valence-electron chi connectivity index (χ1n) is 8.78. The fourth-order valence-electron chi connectivity index (χ4n) is 3.92. The Bertz CT molecular complexity index is 599. The van der Waals surface area contributed by atoms with Gasteiger partial charge in [-0.25, -0.2) is 0 Å². The van der Waals surface area contributed by atoms with Crippen molar-refractivity contribution in [2.75, 3.05) is 18.0 Å². The Labute approximate surface area is 138 Å². The summed E-state index contributed by atoms with van der Waals surface area (Å²) in [6.07, 6.45) is 4.75. The molecule has 0 aliphatic carbocycles. The zero-order valence-corrected chi connectivity index (χ0v) is 14.1. The molecular formula is C19H26N2O2. The normalized spacial score (nSPS) is 25.0. The number of anilines is 1. The largest absolute Gasteiger partial charge is 0.339 e. The molecule has 0 unspecified atom stereocenters. The summed E-state index contributed by atoms with van der Waals surface area (Å²) in [5.41, 5.74) is 2.02. The number of rotatable bonds is 3. The SMILES string of the molecule is CC[C@H]1CCCCN1C(=O)[C@H]1CC(=O)N(c2ccccc2C)C1. The summed E-state index contributed by atoms with van der Waals surface area (Å²) < 4.78 is 0. The van der Waals surface area contributed by atoms with Crippen molar-refractivity contribution in [3.05, 3.63) is 29.8 Å². The summed E-state index contributed by atoms with van der Waals surface area (Å²) in [5, 5.41) is 0. The van der Waals surface area contributed by atoms with E-state index in [4.69, 9.17) is 0 Å². The molecule has 1 aromatic carbocycles. The molecule has 2 fully saturated rings. The molecule has 1 aromatic rings. The van der Waals surface area contributed by atoms with Gasteiger partial charge in [-0.1, -0.05) is 25.1 Å². The maximum Gasteiger partial charge on any atom is 0.228 e. The molecule has 4 nitrogen and oxygen atoms in total. The van der Waals surface area contributed by atoms with Gasteiger partial charge in [0.2, 0.25) is 11.8 Å². The van der Waals surface area contributed by atoms with Crippen LogP contribution in [0.5, 0.6) is 0 Å². The predicted molar refractivity (Wildman–Crippen MR) is 91.3 cm³/mol. The van der Waals surface area contributed by atoms with Crippen LogP contribution in [0.2, 0.25) is 0 Å². The number of hydrogen-bond acceptors (Lipinski definition) is 2. The number of carbonyl (C=O) groups is 2. The number of nitrogens with zero attached hydrogens (tertiary/aromatic N) is 2. The van der Waals surface area contributed by atoms with Crippen LogP contribution in [-0.4, -0.2) is 35.8 Å². The summed E-state index contributed by atoms with van der Waals surface area (Å²) in [6, 6.07) is 8.26. The molecule has 0 N–H and O–H groups in total. The lowest BCUT2D eigenvalue weighted by atomic mass is 9.97. The van der Waals surface area contributed by atoms with Gasteiger partial charge in [-0.2, -0.15) is 0 Å². The number of amides is 2. The van der Waals surface area contributed by atoms with E-state index in [1.807, 2.05) is 36.1 Å². The number of para-hydroxylation sites is 1. The second-order valence-corrected chi connectivity index (χ2v) is 6.78. The molecule has 0 aromatic heterocycles. The molecule has 2 aliphatic heterocycles. The molecule has 0 radical (unpaired) electrons. The summed E-state index contributed by atoms with van der Waals surface area (Å²) in [6.45, 7) is 5.53. The van der Waals surface area contributed by atoms with Crippen LogP contribution in [0.1, 0.15) is 44.6 Å². The van der Waals surface area contributed by atoms with Crippen molar-refractivity contribution in [2.24, 2.45) is 5.92 Å². The van der Waals surface area contributed by atoms with Crippen molar-refractivity contribution >= 4 is 17.5 Å². The van der Waals surface area contributed by atoms with Gasteiger partial charge < -0.3 is 9.80 Å². The zero-order chi connectivity index (χ0) is 16.4. The molecule has 3 rings (SSSR count). The summed E-state index contributed by atoms with van der Waals surface area (Å²) in [4.78, 5) is 29.2. The molecule has 2 heterocycles. The first-order valence-corrected chi connectivity index (χ1v) is 8.78. The Kier molecular flexibility index (Phi) is 4.69.